The van der Waals surface area contributed by atoms with E-state index in [1.165, 1.54) is 4.90 Å². The SMILES string of the molecule is N#Cc1ccc(C(F)(F)F)cc1CN1C(=O)CCc2cc(N)ccc21. The van der Waals surface area contributed by atoms with E-state index in [1.807, 2.05) is 6.07 Å². The average Bonchev–Trinajstić information content (AvgIpc) is 2.56. The number of fused-ring (bicyclic) bond motifs is 1. The molecule has 0 fully saturated rings. The van der Waals surface area contributed by atoms with E-state index in [9.17, 15) is 23.2 Å². The van der Waals surface area contributed by atoms with Crippen LogP contribution in [0.25, 0.3) is 0 Å². The summed E-state index contributed by atoms with van der Waals surface area (Å²) in [6.07, 6.45) is -3.73. The summed E-state index contributed by atoms with van der Waals surface area (Å²) in [5, 5.41) is 9.19. The van der Waals surface area contributed by atoms with Crippen LogP contribution in [0.5, 0.6) is 0 Å². The van der Waals surface area contributed by atoms with Crippen LogP contribution in [0.15, 0.2) is 36.4 Å². The van der Waals surface area contributed by atoms with Gasteiger partial charge in [-0.15, -0.1) is 0 Å². The number of amides is 1. The van der Waals surface area contributed by atoms with Crippen molar-refractivity contribution in [2.24, 2.45) is 0 Å². The number of benzene rings is 2. The number of nitriles is 1. The van der Waals surface area contributed by atoms with Crippen molar-refractivity contribution in [3.8, 4) is 6.07 Å². The summed E-state index contributed by atoms with van der Waals surface area (Å²) in [7, 11) is 0. The van der Waals surface area contributed by atoms with Crippen LogP contribution < -0.4 is 10.6 Å². The normalized spacial score (nSPS) is 14.2. The third-order valence-electron chi connectivity index (χ3n) is 4.19. The maximum absolute atomic E-state index is 13.0. The Morgan fingerprint density at radius 2 is 1.92 bits per heavy atom. The molecule has 0 aliphatic carbocycles. The first-order chi connectivity index (χ1) is 11.8. The average molecular weight is 345 g/mol. The van der Waals surface area contributed by atoms with Gasteiger partial charge < -0.3 is 10.6 Å². The quantitative estimate of drug-likeness (QED) is 0.845. The largest absolute Gasteiger partial charge is 0.416 e. The Morgan fingerprint density at radius 3 is 2.60 bits per heavy atom. The number of alkyl halides is 3. The summed E-state index contributed by atoms with van der Waals surface area (Å²) in [5.41, 5.74) is 7.23. The van der Waals surface area contributed by atoms with Crippen LogP contribution in [-0.4, -0.2) is 5.91 Å². The Morgan fingerprint density at radius 1 is 1.16 bits per heavy atom. The van der Waals surface area contributed by atoms with Crippen molar-refractivity contribution in [1.29, 1.82) is 5.26 Å². The summed E-state index contributed by atoms with van der Waals surface area (Å²) in [6.45, 7) is -0.0947. The number of carbonyl (C=O) groups excluding carboxylic acids is 1. The summed E-state index contributed by atoms with van der Waals surface area (Å²) >= 11 is 0. The first-order valence-corrected chi connectivity index (χ1v) is 7.58. The first-order valence-electron chi connectivity index (χ1n) is 7.58. The highest BCUT2D eigenvalue weighted by molar-refractivity contribution is 5.96. The molecule has 0 spiro atoms. The predicted molar refractivity (Wildman–Crippen MR) is 86.5 cm³/mol. The maximum Gasteiger partial charge on any atom is 0.416 e. The Labute approximate surface area is 142 Å². The highest BCUT2D eigenvalue weighted by Crippen LogP contribution is 2.34. The van der Waals surface area contributed by atoms with E-state index in [-0.39, 0.29) is 30.0 Å². The van der Waals surface area contributed by atoms with Gasteiger partial charge in [0.15, 0.2) is 0 Å². The molecule has 3 rings (SSSR count). The van der Waals surface area contributed by atoms with Crippen molar-refractivity contribution >= 4 is 17.3 Å². The van der Waals surface area contributed by atoms with Gasteiger partial charge in [0, 0.05) is 17.8 Å². The van der Waals surface area contributed by atoms with Crippen LogP contribution >= 0.6 is 0 Å². The number of rotatable bonds is 2. The molecular weight excluding hydrogens is 331 g/mol. The zero-order valence-electron chi connectivity index (χ0n) is 13.1. The molecule has 1 amide bonds. The van der Waals surface area contributed by atoms with Crippen LogP contribution in [0.4, 0.5) is 24.5 Å². The van der Waals surface area contributed by atoms with E-state index < -0.39 is 11.7 Å². The fourth-order valence-electron chi connectivity index (χ4n) is 2.93. The molecule has 2 aromatic rings. The molecule has 1 heterocycles. The molecule has 2 aromatic carbocycles. The van der Waals surface area contributed by atoms with E-state index in [1.54, 1.807) is 18.2 Å². The molecule has 0 atom stereocenters. The molecule has 25 heavy (non-hydrogen) atoms. The molecule has 7 heteroatoms. The van der Waals surface area contributed by atoms with Gasteiger partial charge in [0.05, 0.1) is 23.7 Å². The zero-order valence-corrected chi connectivity index (χ0v) is 13.1. The molecule has 0 saturated heterocycles. The highest BCUT2D eigenvalue weighted by atomic mass is 19.4. The summed E-state index contributed by atoms with van der Waals surface area (Å²) in [4.78, 5) is 13.7. The topological polar surface area (TPSA) is 70.1 Å². The number of hydrogen-bond donors (Lipinski definition) is 1. The van der Waals surface area contributed by atoms with Gasteiger partial charge in [0.25, 0.3) is 0 Å². The molecule has 0 aromatic heterocycles. The van der Waals surface area contributed by atoms with Crippen molar-refractivity contribution in [3.05, 3.63) is 58.7 Å². The Kier molecular flexibility index (Phi) is 4.13. The number of nitrogens with zero attached hydrogens (tertiary/aromatic N) is 2. The molecule has 128 valence electrons. The fourth-order valence-corrected chi connectivity index (χ4v) is 2.93. The predicted octanol–water partition coefficient (Wildman–Crippen LogP) is 3.64. The first kappa shape index (κ1) is 16.8. The van der Waals surface area contributed by atoms with Gasteiger partial charge in [-0.3, -0.25) is 4.79 Å². The number of halogens is 3. The molecule has 0 saturated carbocycles. The third-order valence-corrected chi connectivity index (χ3v) is 4.19. The summed E-state index contributed by atoms with van der Waals surface area (Å²) in [6, 6.07) is 9.90. The van der Waals surface area contributed by atoms with E-state index in [0.29, 0.717) is 17.8 Å². The van der Waals surface area contributed by atoms with Gasteiger partial charge in [-0.05, 0) is 53.9 Å². The van der Waals surface area contributed by atoms with Gasteiger partial charge >= 0.3 is 6.18 Å². The zero-order chi connectivity index (χ0) is 18.2. The minimum absolute atomic E-state index is 0.0947. The fraction of sp³-hybridized carbons (Fsp3) is 0.222. The van der Waals surface area contributed by atoms with Crippen molar-refractivity contribution in [2.75, 3.05) is 10.6 Å². The van der Waals surface area contributed by atoms with E-state index >= 15 is 0 Å². The van der Waals surface area contributed by atoms with Gasteiger partial charge in [0.1, 0.15) is 0 Å². The Bertz CT molecular complexity index is 884. The molecule has 0 radical (unpaired) electrons. The second kappa shape index (κ2) is 6.13. The lowest BCUT2D eigenvalue weighted by molar-refractivity contribution is -0.137. The van der Waals surface area contributed by atoms with Crippen molar-refractivity contribution in [3.63, 3.8) is 0 Å². The number of nitrogen functional groups attached to an aromatic ring is 1. The van der Waals surface area contributed by atoms with Gasteiger partial charge in [0.2, 0.25) is 5.91 Å². The highest BCUT2D eigenvalue weighted by Gasteiger charge is 2.32. The van der Waals surface area contributed by atoms with Gasteiger partial charge in [-0.25, -0.2) is 0 Å². The minimum atomic E-state index is -4.51. The number of aryl methyl sites for hydroxylation is 1. The van der Waals surface area contributed by atoms with Crippen LogP contribution in [0, 0.1) is 11.3 Å². The lowest BCUT2D eigenvalue weighted by Gasteiger charge is -2.30. The van der Waals surface area contributed by atoms with Crippen molar-refractivity contribution in [1.82, 2.24) is 0 Å². The van der Waals surface area contributed by atoms with Gasteiger partial charge in [-0.2, -0.15) is 18.4 Å². The van der Waals surface area contributed by atoms with E-state index in [4.69, 9.17) is 5.73 Å². The molecule has 0 unspecified atom stereocenters. The van der Waals surface area contributed by atoms with Gasteiger partial charge in [-0.1, -0.05) is 0 Å². The smallest absolute Gasteiger partial charge is 0.399 e. The second-order valence-electron chi connectivity index (χ2n) is 5.85. The van der Waals surface area contributed by atoms with Crippen LogP contribution in [0.1, 0.15) is 28.7 Å². The second-order valence-corrected chi connectivity index (χ2v) is 5.85. The number of anilines is 2. The lowest BCUT2D eigenvalue weighted by Crippen LogP contribution is -2.34. The molecular formula is C18H14F3N3O. The van der Waals surface area contributed by atoms with Crippen molar-refractivity contribution in [2.45, 2.75) is 25.6 Å². The van der Waals surface area contributed by atoms with Crippen LogP contribution in [0.3, 0.4) is 0 Å². The number of nitrogens with two attached hydrogens (primary N) is 1. The lowest BCUT2D eigenvalue weighted by atomic mass is 9.98. The Balaban J connectivity index is 2.03. The number of carbonyl (C=O) groups is 1. The van der Waals surface area contributed by atoms with Crippen LogP contribution in [-0.2, 0) is 23.9 Å². The summed E-state index contributed by atoms with van der Waals surface area (Å²) < 4.78 is 38.9. The molecule has 4 nitrogen and oxygen atoms in total. The molecule has 1 aliphatic rings. The third kappa shape index (κ3) is 3.29. The monoisotopic (exact) mass is 345 g/mol. The minimum Gasteiger partial charge on any atom is -0.399 e. The van der Waals surface area contributed by atoms with E-state index in [0.717, 1.165) is 23.8 Å². The maximum atomic E-state index is 13.0. The standard InChI is InChI=1S/C18H14F3N3O/c19-18(20,21)14-3-1-12(9-22)13(7-14)10-24-16-5-4-15(23)8-11(16)2-6-17(24)25/h1,3-5,7-8H,2,6,10,23H2. The van der Waals surface area contributed by atoms with E-state index in [2.05, 4.69) is 0 Å². The van der Waals surface area contributed by atoms with Crippen LogP contribution in [0.2, 0.25) is 0 Å². The summed E-state index contributed by atoms with van der Waals surface area (Å²) in [5.74, 6) is -0.196. The molecule has 1 aliphatic heterocycles. The molecule has 2 N–H and O–H groups in total. The Hall–Kier alpha value is -3.01. The number of hydrogen-bond acceptors (Lipinski definition) is 3. The van der Waals surface area contributed by atoms with Crippen molar-refractivity contribution < 1.29 is 18.0 Å². The molecule has 0 bridgehead atoms.